The number of rotatable bonds is 4. The molecule has 114 valence electrons. The predicted molar refractivity (Wildman–Crippen MR) is 75.9 cm³/mol. The van der Waals surface area contributed by atoms with E-state index in [2.05, 4.69) is 20.8 Å². The minimum absolute atomic E-state index is 0.104. The molecule has 2 aromatic rings. The van der Waals surface area contributed by atoms with E-state index in [1.807, 2.05) is 20.8 Å². The Labute approximate surface area is 126 Å². The third-order valence-corrected chi connectivity index (χ3v) is 3.78. The molecule has 1 aromatic heterocycles. The van der Waals surface area contributed by atoms with Crippen LogP contribution in [0.2, 0.25) is 0 Å². The van der Waals surface area contributed by atoms with Crippen LogP contribution in [0.3, 0.4) is 0 Å². The fourth-order valence-electron chi connectivity index (χ4n) is 1.58. The zero-order valence-corrected chi connectivity index (χ0v) is 13.1. The van der Waals surface area contributed by atoms with Gasteiger partial charge in [0.05, 0.1) is 4.90 Å². The molecule has 0 atom stereocenters. The van der Waals surface area contributed by atoms with Crippen molar-refractivity contribution in [2.45, 2.75) is 42.9 Å². The van der Waals surface area contributed by atoms with Gasteiger partial charge in [-0.1, -0.05) is 0 Å². The van der Waals surface area contributed by atoms with Crippen molar-refractivity contribution in [3.63, 3.8) is 0 Å². The molecule has 21 heavy (non-hydrogen) atoms. The molecule has 0 amide bonds. The molecule has 0 aliphatic heterocycles. The Balaban J connectivity index is 2.19. The molecule has 0 aliphatic carbocycles. The average Bonchev–Trinajstić information content (AvgIpc) is 2.76. The van der Waals surface area contributed by atoms with Gasteiger partial charge in [-0.05, 0) is 60.7 Å². The van der Waals surface area contributed by atoms with Gasteiger partial charge in [0.1, 0.15) is 11.6 Å². The monoisotopic (exact) mass is 313 g/mol. The standard InChI is InChI=1S/C13H17F2N5S/c1-13(2,3)16-7-8-5-9(14)11(10(15)6-8)21-12-17-18-19-20(12)4/h5-6,16H,7H2,1-4H3. The van der Waals surface area contributed by atoms with E-state index >= 15 is 0 Å². The van der Waals surface area contributed by atoms with Gasteiger partial charge in [-0.3, -0.25) is 0 Å². The van der Waals surface area contributed by atoms with Crippen LogP contribution in [0.1, 0.15) is 26.3 Å². The molecule has 1 N–H and O–H groups in total. The third kappa shape index (κ3) is 4.21. The van der Waals surface area contributed by atoms with Crippen LogP contribution in [-0.4, -0.2) is 25.7 Å². The van der Waals surface area contributed by atoms with Crippen LogP contribution in [0.25, 0.3) is 0 Å². The highest BCUT2D eigenvalue weighted by atomic mass is 32.2. The molecule has 0 aliphatic rings. The Morgan fingerprint density at radius 2 is 1.86 bits per heavy atom. The number of tetrazole rings is 1. The van der Waals surface area contributed by atoms with Crippen molar-refractivity contribution in [3.8, 4) is 0 Å². The fraction of sp³-hybridized carbons (Fsp3) is 0.462. The molecule has 0 saturated carbocycles. The summed E-state index contributed by atoms with van der Waals surface area (Å²) < 4.78 is 29.5. The lowest BCUT2D eigenvalue weighted by Crippen LogP contribution is -2.35. The first kappa shape index (κ1) is 15.8. The summed E-state index contributed by atoms with van der Waals surface area (Å²) in [5.74, 6) is -1.23. The summed E-state index contributed by atoms with van der Waals surface area (Å²) >= 11 is 0.863. The summed E-state index contributed by atoms with van der Waals surface area (Å²) in [5, 5.41) is 14.3. The molecular formula is C13H17F2N5S. The average molecular weight is 313 g/mol. The smallest absolute Gasteiger partial charge is 0.214 e. The van der Waals surface area contributed by atoms with E-state index in [1.54, 1.807) is 7.05 Å². The summed E-state index contributed by atoms with van der Waals surface area (Å²) in [5.41, 5.74) is 0.436. The first-order valence-corrected chi connectivity index (χ1v) is 7.21. The minimum atomic E-state index is -0.617. The Kier molecular flexibility index (Phi) is 4.58. The largest absolute Gasteiger partial charge is 0.308 e. The molecule has 0 bridgehead atoms. The number of benzene rings is 1. The Bertz CT molecular complexity index is 613. The van der Waals surface area contributed by atoms with Crippen molar-refractivity contribution >= 4 is 11.8 Å². The number of nitrogens with one attached hydrogen (secondary N) is 1. The number of nitrogens with zero attached hydrogens (tertiary/aromatic N) is 4. The highest BCUT2D eigenvalue weighted by Crippen LogP contribution is 2.31. The van der Waals surface area contributed by atoms with Gasteiger partial charge in [-0.25, -0.2) is 13.5 Å². The van der Waals surface area contributed by atoms with Crippen molar-refractivity contribution in [2.24, 2.45) is 7.05 Å². The summed E-state index contributed by atoms with van der Waals surface area (Å²) in [6, 6.07) is 2.65. The second-order valence-electron chi connectivity index (χ2n) is 5.68. The zero-order valence-electron chi connectivity index (χ0n) is 12.3. The molecule has 0 radical (unpaired) electrons. The van der Waals surface area contributed by atoms with Crippen LogP contribution in [0.5, 0.6) is 0 Å². The highest BCUT2D eigenvalue weighted by Gasteiger charge is 2.17. The minimum Gasteiger partial charge on any atom is -0.308 e. The van der Waals surface area contributed by atoms with E-state index in [9.17, 15) is 8.78 Å². The van der Waals surface area contributed by atoms with Gasteiger partial charge in [0, 0.05) is 19.1 Å². The van der Waals surface area contributed by atoms with E-state index in [1.165, 1.54) is 16.8 Å². The number of aromatic nitrogens is 4. The van der Waals surface area contributed by atoms with Crippen LogP contribution < -0.4 is 5.32 Å². The van der Waals surface area contributed by atoms with Crippen molar-refractivity contribution in [1.82, 2.24) is 25.5 Å². The molecule has 0 unspecified atom stereocenters. The first-order chi connectivity index (χ1) is 9.76. The fourth-order valence-corrected chi connectivity index (χ4v) is 2.32. The lowest BCUT2D eigenvalue weighted by molar-refractivity contribution is 0.422. The SMILES string of the molecule is Cn1nnnc1Sc1c(F)cc(CNC(C)(C)C)cc1F. The summed E-state index contributed by atoms with van der Waals surface area (Å²) in [4.78, 5) is -0.104. The summed E-state index contributed by atoms with van der Waals surface area (Å²) in [6.07, 6.45) is 0. The Hall–Kier alpha value is -1.54. The van der Waals surface area contributed by atoms with E-state index in [-0.39, 0.29) is 10.4 Å². The van der Waals surface area contributed by atoms with Crippen molar-refractivity contribution in [1.29, 1.82) is 0 Å². The molecular weight excluding hydrogens is 296 g/mol. The van der Waals surface area contributed by atoms with E-state index < -0.39 is 11.6 Å². The van der Waals surface area contributed by atoms with Crippen LogP contribution in [0.15, 0.2) is 22.2 Å². The lowest BCUT2D eigenvalue weighted by Gasteiger charge is -2.20. The third-order valence-electron chi connectivity index (χ3n) is 2.66. The second-order valence-corrected chi connectivity index (χ2v) is 6.66. The van der Waals surface area contributed by atoms with Crippen LogP contribution in [-0.2, 0) is 13.6 Å². The van der Waals surface area contributed by atoms with Gasteiger partial charge in [-0.15, -0.1) is 5.10 Å². The number of hydrogen-bond donors (Lipinski definition) is 1. The predicted octanol–water partition coefficient (Wildman–Crippen LogP) is 2.53. The van der Waals surface area contributed by atoms with Gasteiger partial charge < -0.3 is 5.32 Å². The second kappa shape index (κ2) is 6.07. The van der Waals surface area contributed by atoms with Gasteiger partial charge in [0.2, 0.25) is 5.16 Å². The number of hydrogen-bond acceptors (Lipinski definition) is 5. The van der Waals surface area contributed by atoms with E-state index in [0.717, 1.165) is 11.8 Å². The Morgan fingerprint density at radius 1 is 1.24 bits per heavy atom. The van der Waals surface area contributed by atoms with Crippen molar-refractivity contribution in [3.05, 3.63) is 29.3 Å². The van der Waals surface area contributed by atoms with Crippen LogP contribution in [0.4, 0.5) is 8.78 Å². The maximum Gasteiger partial charge on any atom is 0.214 e. The normalized spacial score (nSPS) is 11.9. The van der Waals surface area contributed by atoms with Gasteiger partial charge in [0.25, 0.3) is 0 Å². The molecule has 0 spiro atoms. The molecule has 1 heterocycles. The van der Waals surface area contributed by atoms with Crippen LogP contribution >= 0.6 is 11.8 Å². The van der Waals surface area contributed by atoms with E-state index in [0.29, 0.717) is 17.3 Å². The highest BCUT2D eigenvalue weighted by molar-refractivity contribution is 7.99. The van der Waals surface area contributed by atoms with Gasteiger partial charge in [-0.2, -0.15) is 0 Å². The number of aryl methyl sites for hydroxylation is 1. The number of halogens is 2. The molecule has 1 aromatic carbocycles. The molecule has 2 rings (SSSR count). The molecule has 8 heteroatoms. The zero-order chi connectivity index (χ0) is 15.6. The van der Waals surface area contributed by atoms with Crippen molar-refractivity contribution < 1.29 is 8.78 Å². The van der Waals surface area contributed by atoms with Gasteiger partial charge >= 0.3 is 0 Å². The van der Waals surface area contributed by atoms with Crippen molar-refractivity contribution in [2.75, 3.05) is 0 Å². The molecule has 0 saturated heterocycles. The lowest BCUT2D eigenvalue weighted by atomic mass is 10.1. The van der Waals surface area contributed by atoms with E-state index in [4.69, 9.17) is 0 Å². The molecule has 0 fully saturated rings. The van der Waals surface area contributed by atoms with Crippen LogP contribution in [0, 0.1) is 11.6 Å². The summed E-state index contributed by atoms with van der Waals surface area (Å²) in [6.45, 7) is 6.37. The Morgan fingerprint density at radius 3 is 2.33 bits per heavy atom. The first-order valence-electron chi connectivity index (χ1n) is 6.39. The maximum absolute atomic E-state index is 14.1. The van der Waals surface area contributed by atoms with Gasteiger partial charge in [0.15, 0.2) is 0 Å². The topological polar surface area (TPSA) is 55.6 Å². The maximum atomic E-state index is 14.1. The molecule has 5 nitrogen and oxygen atoms in total. The summed E-state index contributed by atoms with van der Waals surface area (Å²) in [7, 11) is 1.61. The quantitative estimate of drug-likeness (QED) is 0.940.